The van der Waals surface area contributed by atoms with E-state index in [9.17, 15) is 4.79 Å². The molecule has 3 aromatic heterocycles. The fraction of sp³-hybridized carbons (Fsp3) is 0.421. The molecule has 0 spiro atoms. The Morgan fingerprint density at radius 1 is 1.37 bits per heavy atom. The Labute approximate surface area is 161 Å². The van der Waals surface area contributed by atoms with Crippen LogP contribution < -0.4 is 0 Å². The van der Waals surface area contributed by atoms with Crippen LogP contribution in [0.25, 0.3) is 11.3 Å². The van der Waals surface area contributed by atoms with Crippen LogP contribution in [0.5, 0.6) is 0 Å². The average molecular weight is 383 g/mol. The lowest BCUT2D eigenvalue weighted by Crippen LogP contribution is -2.36. The molecule has 140 valence electrons. The topological polar surface area (TPSA) is 85.0 Å². The van der Waals surface area contributed by atoms with Crippen molar-refractivity contribution in [2.24, 2.45) is 0 Å². The smallest absolute Gasteiger partial charge is 0.273 e. The third-order valence-electron chi connectivity index (χ3n) is 5.00. The van der Waals surface area contributed by atoms with Gasteiger partial charge in [0.25, 0.3) is 5.91 Å². The number of amides is 1. The van der Waals surface area contributed by atoms with E-state index in [1.807, 2.05) is 24.1 Å². The predicted octanol–water partition coefficient (Wildman–Crippen LogP) is 3.44. The molecule has 0 unspecified atom stereocenters. The highest BCUT2D eigenvalue weighted by molar-refractivity contribution is 7.07. The molecule has 27 heavy (non-hydrogen) atoms. The summed E-state index contributed by atoms with van der Waals surface area (Å²) in [5, 5.41) is 5.81. The van der Waals surface area contributed by atoms with Gasteiger partial charge in [0.05, 0.1) is 34.4 Å². The van der Waals surface area contributed by atoms with E-state index in [0.717, 1.165) is 60.6 Å². The largest absolute Gasteiger partial charge is 0.361 e. The molecule has 7 nitrogen and oxygen atoms in total. The van der Waals surface area contributed by atoms with E-state index >= 15 is 0 Å². The van der Waals surface area contributed by atoms with Gasteiger partial charge in [-0.1, -0.05) is 5.16 Å². The van der Waals surface area contributed by atoms with Gasteiger partial charge in [-0.15, -0.1) is 11.3 Å². The molecule has 1 atom stereocenters. The minimum absolute atomic E-state index is 0.0364. The second-order valence-corrected chi connectivity index (χ2v) is 7.52. The lowest BCUT2D eigenvalue weighted by atomic mass is 10.1. The number of aromatic nitrogens is 4. The van der Waals surface area contributed by atoms with Gasteiger partial charge in [-0.3, -0.25) is 9.78 Å². The second-order valence-electron chi connectivity index (χ2n) is 6.80. The molecule has 1 aliphatic rings. The van der Waals surface area contributed by atoms with Crippen molar-refractivity contribution in [3.8, 4) is 11.3 Å². The maximum absolute atomic E-state index is 12.6. The molecule has 1 fully saturated rings. The van der Waals surface area contributed by atoms with E-state index < -0.39 is 0 Å². The quantitative estimate of drug-likeness (QED) is 0.671. The summed E-state index contributed by atoms with van der Waals surface area (Å²) >= 11 is 1.45. The number of thiazole rings is 1. The number of carbonyl (C=O) groups excluding carboxylic acids is 1. The maximum atomic E-state index is 12.6. The zero-order valence-electron chi connectivity index (χ0n) is 15.4. The number of hydrogen-bond acceptors (Lipinski definition) is 7. The Bertz CT molecular complexity index is 918. The average Bonchev–Trinajstić information content (AvgIpc) is 3.41. The Morgan fingerprint density at radius 2 is 2.26 bits per heavy atom. The summed E-state index contributed by atoms with van der Waals surface area (Å²) < 4.78 is 5.24. The molecule has 1 amide bonds. The van der Waals surface area contributed by atoms with E-state index in [2.05, 4.69) is 15.1 Å². The van der Waals surface area contributed by atoms with Gasteiger partial charge in [-0.25, -0.2) is 9.97 Å². The molecule has 0 aromatic carbocycles. The summed E-state index contributed by atoms with van der Waals surface area (Å²) in [4.78, 5) is 27.8. The van der Waals surface area contributed by atoms with Gasteiger partial charge >= 0.3 is 0 Å². The standard InChI is InChI=1S/C19H21N5O2S/c1-12-18(13(2)26-23-12)16-9-20-8-14(22-16)5-6-15-4-3-7-24(15)19(25)17-10-27-11-21-17/h8-11,15H,3-7H2,1-2H3/t15-/m1/s1. The van der Waals surface area contributed by atoms with Crippen LogP contribution in [0.2, 0.25) is 0 Å². The number of hydrogen-bond donors (Lipinski definition) is 0. The van der Waals surface area contributed by atoms with Crippen LogP contribution in [-0.2, 0) is 6.42 Å². The van der Waals surface area contributed by atoms with Crippen molar-refractivity contribution in [3.05, 3.63) is 46.1 Å². The van der Waals surface area contributed by atoms with Crippen molar-refractivity contribution in [2.45, 2.75) is 45.6 Å². The second kappa shape index (κ2) is 7.56. The molecule has 0 radical (unpaired) electrons. The van der Waals surface area contributed by atoms with E-state index in [-0.39, 0.29) is 11.9 Å². The lowest BCUT2D eigenvalue weighted by Gasteiger charge is -2.23. The Hall–Kier alpha value is -2.61. The van der Waals surface area contributed by atoms with Crippen LogP contribution in [0.3, 0.4) is 0 Å². The number of carbonyl (C=O) groups is 1. The molecule has 1 saturated heterocycles. The van der Waals surface area contributed by atoms with Crippen molar-refractivity contribution in [1.82, 2.24) is 25.0 Å². The van der Waals surface area contributed by atoms with E-state index in [1.165, 1.54) is 11.3 Å². The fourth-order valence-electron chi connectivity index (χ4n) is 3.68. The molecule has 3 aromatic rings. The highest BCUT2D eigenvalue weighted by atomic mass is 32.1. The predicted molar refractivity (Wildman–Crippen MR) is 101 cm³/mol. The van der Waals surface area contributed by atoms with Gasteiger partial charge in [0.15, 0.2) is 0 Å². The van der Waals surface area contributed by atoms with E-state index in [0.29, 0.717) is 5.69 Å². The molecule has 0 aliphatic carbocycles. The van der Waals surface area contributed by atoms with E-state index in [4.69, 9.17) is 9.51 Å². The summed E-state index contributed by atoms with van der Waals surface area (Å²) in [6.07, 6.45) is 7.23. The summed E-state index contributed by atoms with van der Waals surface area (Å²) in [7, 11) is 0. The zero-order valence-corrected chi connectivity index (χ0v) is 16.2. The van der Waals surface area contributed by atoms with Crippen LogP contribution in [-0.4, -0.2) is 43.5 Å². The first-order valence-corrected chi connectivity index (χ1v) is 10.0. The Morgan fingerprint density at radius 3 is 3.00 bits per heavy atom. The van der Waals surface area contributed by atoms with Crippen molar-refractivity contribution in [2.75, 3.05) is 6.54 Å². The normalized spacial score (nSPS) is 16.8. The van der Waals surface area contributed by atoms with Gasteiger partial charge < -0.3 is 9.42 Å². The van der Waals surface area contributed by atoms with Crippen LogP contribution in [0, 0.1) is 13.8 Å². The molecule has 8 heteroatoms. The maximum Gasteiger partial charge on any atom is 0.273 e. The molecule has 1 aliphatic heterocycles. The highest BCUT2D eigenvalue weighted by Crippen LogP contribution is 2.26. The van der Waals surface area contributed by atoms with Gasteiger partial charge in [-0.05, 0) is 39.5 Å². The Kier molecular flexibility index (Phi) is 4.98. The van der Waals surface area contributed by atoms with Crippen molar-refractivity contribution >= 4 is 17.2 Å². The third kappa shape index (κ3) is 3.62. The molecule has 0 saturated carbocycles. The lowest BCUT2D eigenvalue weighted by molar-refractivity contribution is 0.0725. The van der Waals surface area contributed by atoms with Gasteiger partial charge in [0, 0.05) is 24.2 Å². The summed E-state index contributed by atoms with van der Waals surface area (Å²) in [6, 6.07) is 0.226. The summed E-state index contributed by atoms with van der Waals surface area (Å²) in [6.45, 7) is 4.58. The molecule has 0 bridgehead atoms. The number of nitrogens with zero attached hydrogens (tertiary/aromatic N) is 5. The van der Waals surface area contributed by atoms with Crippen LogP contribution >= 0.6 is 11.3 Å². The molecular formula is C19H21N5O2S. The first kappa shape index (κ1) is 17.8. The minimum Gasteiger partial charge on any atom is -0.361 e. The van der Waals surface area contributed by atoms with Gasteiger partial charge in [0.1, 0.15) is 11.5 Å². The van der Waals surface area contributed by atoms with Gasteiger partial charge in [0.2, 0.25) is 0 Å². The summed E-state index contributed by atoms with van der Waals surface area (Å²) in [5.41, 5.74) is 5.67. The Balaban J connectivity index is 1.46. The van der Waals surface area contributed by atoms with E-state index in [1.54, 1.807) is 17.9 Å². The molecular weight excluding hydrogens is 362 g/mol. The van der Waals surface area contributed by atoms with Crippen molar-refractivity contribution in [3.63, 3.8) is 0 Å². The first-order valence-electron chi connectivity index (χ1n) is 9.07. The minimum atomic E-state index is 0.0364. The third-order valence-corrected chi connectivity index (χ3v) is 5.58. The van der Waals surface area contributed by atoms with Gasteiger partial charge in [-0.2, -0.15) is 0 Å². The molecule has 0 N–H and O–H groups in total. The summed E-state index contributed by atoms with van der Waals surface area (Å²) in [5.74, 6) is 0.782. The monoisotopic (exact) mass is 383 g/mol. The van der Waals surface area contributed by atoms with Crippen LogP contribution in [0.4, 0.5) is 0 Å². The van der Waals surface area contributed by atoms with Crippen LogP contribution in [0.15, 0.2) is 27.8 Å². The molecule has 4 heterocycles. The van der Waals surface area contributed by atoms with Crippen molar-refractivity contribution < 1.29 is 9.32 Å². The highest BCUT2D eigenvalue weighted by Gasteiger charge is 2.30. The number of likely N-dealkylation sites (tertiary alicyclic amines) is 1. The number of aryl methyl sites for hydroxylation is 3. The van der Waals surface area contributed by atoms with Crippen LogP contribution in [0.1, 0.15) is 46.9 Å². The zero-order chi connectivity index (χ0) is 18.8. The van der Waals surface area contributed by atoms with Crippen molar-refractivity contribution in [1.29, 1.82) is 0 Å². The SMILES string of the molecule is Cc1noc(C)c1-c1cncc(CC[C@H]2CCCN2C(=O)c2cscn2)n1. The fourth-order valence-corrected chi connectivity index (χ4v) is 4.20. The first-order chi connectivity index (χ1) is 13.1. The number of rotatable bonds is 5. The molecule has 4 rings (SSSR count).